The van der Waals surface area contributed by atoms with Crippen LogP contribution in [0.1, 0.15) is 99.8 Å². The van der Waals surface area contributed by atoms with Crippen molar-refractivity contribution < 1.29 is 41.6 Å². The van der Waals surface area contributed by atoms with Crippen molar-refractivity contribution in [2.24, 2.45) is 0 Å². The number of halogens is 10. The van der Waals surface area contributed by atoms with Gasteiger partial charge >= 0.3 is 6.18 Å². The summed E-state index contributed by atoms with van der Waals surface area (Å²) in [4.78, 5) is 89.7. The SMILES string of the molecule is Cc1cc(Cl)cn2c(CC(=O)c3cccs3)c(-c3ccc(Cl)cc3)nc12.Cc1cc(Cl)cn2c(CC(=O)c3ccoc3)c(-c3ccc(Cl)cc3)nc12.Cc1ccc(-c2nc3ccc(C(F)(F)F)cn3c2CC(=O)c2cccs2)cc1.O=C(Cc1c(-c2ccc(Cl)cc2)nc2ccc(Cl)cn12)c1cccs1.O=C(Cc1c(-c2ccc(Cl)cc2)nc2ccccn12)c1cccs1. The molecule has 30 heteroatoms. The monoisotopic (exact) mass is 1920 g/mol. The number of ketones is 5. The predicted molar refractivity (Wildman–Crippen MR) is 514 cm³/mol. The number of benzene rings is 5. The molecule has 15 aromatic heterocycles. The fourth-order valence-electron chi connectivity index (χ4n) is 14.5. The van der Waals surface area contributed by atoms with Gasteiger partial charge in [-0.2, -0.15) is 13.2 Å². The third-order valence-corrected chi connectivity index (χ3v) is 26.0. The molecular weight excluding hydrogens is 1860 g/mol. The quantitative estimate of drug-likeness (QED) is 0.0661. The van der Waals surface area contributed by atoms with Gasteiger partial charge in [-0.1, -0.05) is 190 Å². The molecule has 0 radical (unpaired) electrons. The van der Waals surface area contributed by atoms with E-state index in [1.54, 1.807) is 42.0 Å². The van der Waals surface area contributed by atoms with Crippen LogP contribution in [-0.4, -0.2) is 75.8 Å². The molecule has 0 atom stereocenters. The number of carbonyl (C=O) groups excluding carboxylic acids is 5. The van der Waals surface area contributed by atoms with Crippen molar-refractivity contribution in [2.75, 3.05) is 0 Å². The Morgan fingerprint density at radius 3 is 1.02 bits per heavy atom. The molecular formula is C99H68Cl7F3N10O6S4. The molecule has 0 amide bonds. The molecule has 129 heavy (non-hydrogen) atoms. The van der Waals surface area contributed by atoms with E-state index < -0.39 is 11.7 Å². The molecule has 16 nitrogen and oxygen atoms in total. The molecule has 0 aliphatic heterocycles. The van der Waals surface area contributed by atoms with Crippen LogP contribution < -0.4 is 0 Å². The van der Waals surface area contributed by atoms with E-state index in [4.69, 9.17) is 106 Å². The van der Waals surface area contributed by atoms with Crippen molar-refractivity contribution in [2.45, 2.75) is 59.1 Å². The second-order valence-electron chi connectivity index (χ2n) is 29.6. The van der Waals surface area contributed by atoms with E-state index in [9.17, 15) is 37.1 Å². The van der Waals surface area contributed by atoms with Gasteiger partial charge in [-0.25, -0.2) is 24.9 Å². The number of furan rings is 1. The summed E-state index contributed by atoms with van der Waals surface area (Å²) in [5, 5.41) is 12.0. The summed E-state index contributed by atoms with van der Waals surface area (Å²) in [7, 11) is 0. The number of Topliss-reactive ketones (excluding diaryl/α,β-unsaturated/α-hetero) is 5. The number of hydrogen-bond donors (Lipinski definition) is 0. The predicted octanol–water partition coefficient (Wildman–Crippen LogP) is 28.5. The van der Waals surface area contributed by atoms with E-state index in [0.717, 1.165) is 140 Å². The Hall–Kier alpha value is -12.2. The van der Waals surface area contributed by atoms with E-state index in [2.05, 4.69) is 4.98 Å². The van der Waals surface area contributed by atoms with Crippen LogP contribution in [0, 0.1) is 20.8 Å². The first-order valence-electron chi connectivity index (χ1n) is 39.7. The van der Waals surface area contributed by atoms with E-state index in [0.29, 0.717) is 69.1 Å². The molecule has 0 unspecified atom stereocenters. The zero-order valence-corrected chi connectivity index (χ0v) is 76.7. The number of alkyl halides is 3. The molecule has 644 valence electrons. The summed E-state index contributed by atoms with van der Waals surface area (Å²) in [6, 6.07) is 69.3. The summed E-state index contributed by atoms with van der Waals surface area (Å²) < 4.78 is 53.7. The third-order valence-electron chi connectivity index (χ3n) is 20.8. The minimum absolute atomic E-state index is 0.0355. The highest BCUT2D eigenvalue weighted by molar-refractivity contribution is 7.13. The molecule has 0 spiro atoms. The lowest BCUT2D eigenvalue weighted by atomic mass is 10.0. The Bertz CT molecular complexity index is 7290. The van der Waals surface area contributed by atoms with Gasteiger partial charge in [0.05, 0.1) is 141 Å². The van der Waals surface area contributed by atoms with Crippen molar-refractivity contribution in [1.82, 2.24) is 46.9 Å². The van der Waals surface area contributed by atoms with Gasteiger partial charge in [-0.3, -0.25) is 24.0 Å². The Balaban J connectivity index is 0.000000118. The van der Waals surface area contributed by atoms with Crippen molar-refractivity contribution >= 4 is 184 Å². The molecule has 0 saturated carbocycles. The number of imidazole rings is 5. The van der Waals surface area contributed by atoms with Gasteiger partial charge in [0.1, 0.15) is 34.5 Å². The Morgan fingerprint density at radius 1 is 0.333 bits per heavy atom. The Labute approximate surface area is 787 Å². The maximum absolute atomic E-state index is 13.2. The zero-order valence-electron chi connectivity index (χ0n) is 68.2. The molecule has 0 fully saturated rings. The van der Waals surface area contributed by atoms with E-state index in [1.807, 2.05) is 261 Å². The topological polar surface area (TPSA) is 185 Å². The average molecular weight is 1930 g/mol. The highest BCUT2D eigenvalue weighted by atomic mass is 35.5. The molecule has 0 saturated heterocycles. The average Bonchev–Trinajstić information content (AvgIpc) is 1.61. The number of aryl methyl sites for hydroxylation is 3. The van der Waals surface area contributed by atoms with E-state index in [1.165, 1.54) is 68.3 Å². The lowest BCUT2D eigenvalue weighted by molar-refractivity contribution is -0.137. The summed E-state index contributed by atoms with van der Waals surface area (Å²) >= 11 is 48.3. The number of aromatic nitrogens is 10. The second-order valence-corrected chi connectivity index (χ2v) is 36.4. The van der Waals surface area contributed by atoms with Crippen LogP contribution in [0.4, 0.5) is 13.2 Å². The van der Waals surface area contributed by atoms with E-state index in [-0.39, 0.29) is 54.6 Å². The molecule has 0 bridgehead atoms. The largest absolute Gasteiger partial charge is 0.472 e. The lowest BCUT2D eigenvalue weighted by Crippen LogP contribution is -2.09. The standard InChI is InChI=1S/C21H15F3N2OS.C20H14Cl2N2O2.C20H14Cl2N2OS.C19H12Cl2N2OS.C19H13ClN2OS/c1-13-4-6-14(7-5-13)20-16(11-17(27)18-3-2-10-28-18)26-12-15(21(22,23)24)8-9-19(26)25-20;1-12-8-16(22)10-24-17(9-18(25)14-6-7-26-11-14)19(23-20(12)24)13-2-4-15(21)5-3-13;1-12-9-15(22)11-24-16(10-17(25)18-3-2-8-26-18)19(23-20(12)24)13-4-6-14(21)7-5-13;20-13-5-3-12(4-6-13)19-15(10-16(24)17-2-1-9-25-17)23-11-14(21)7-8-18(23)22-19;20-14-8-6-13(7-9-14)19-15(12-16(23)17-4-3-11-24-17)22-10-2-1-5-18(22)21-19/h2-10,12H,11H2,1H3;2-8,10-11H,9H2,1H3;2-9,11H,10H2,1H3;1-9,11H,10H2;1-11H,12H2. The van der Waals surface area contributed by atoms with E-state index >= 15 is 0 Å². The number of nitrogens with zero attached hydrogens (tertiary/aromatic N) is 10. The molecule has 0 N–H and O–H groups in total. The Kier molecular flexibility index (Phi) is 27.8. The smallest absolute Gasteiger partial charge is 0.417 e. The number of hydrogen-bond acceptors (Lipinski definition) is 15. The normalized spacial score (nSPS) is 11.3. The van der Waals surface area contributed by atoms with Gasteiger partial charge in [-0.15, -0.1) is 45.3 Å². The number of pyridine rings is 5. The lowest BCUT2D eigenvalue weighted by Gasteiger charge is -2.09. The van der Waals surface area contributed by atoms with Gasteiger partial charge in [0, 0.05) is 78.9 Å². The molecule has 5 aromatic carbocycles. The van der Waals surface area contributed by atoms with Crippen molar-refractivity contribution in [3.8, 4) is 56.3 Å². The third kappa shape index (κ3) is 20.9. The second kappa shape index (κ2) is 39.8. The van der Waals surface area contributed by atoms with Crippen LogP contribution in [0.2, 0.25) is 35.2 Å². The van der Waals surface area contributed by atoms with Gasteiger partial charge in [-0.05, 0) is 181 Å². The van der Waals surface area contributed by atoms with Crippen LogP contribution in [0.25, 0.3) is 84.5 Å². The first kappa shape index (κ1) is 90.2. The number of carbonyl (C=O) groups is 5. The molecule has 0 aliphatic carbocycles. The van der Waals surface area contributed by atoms with Gasteiger partial charge < -0.3 is 26.4 Å². The highest BCUT2D eigenvalue weighted by Gasteiger charge is 2.33. The molecule has 0 aliphatic rings. The zero-order chi connectivity index (χ0) is 90.3. The van der Waals surface area contributed by atoms with Crippen LogP contribution in [-0.2, 0) is 38.3 Å². The fraction of sp³-hybridized carbons (Fsp3) is 0.0909. The van der Waals surface area contributed by atoms with Crippen LogP contribution in [0.5, 0.6) is 0 Å². The maximum Gasteiger partial charge on any atom is 0.417 e. The minimum atomic E-state index is -4.47. The van der Waals surface area contributed by atoms with Crippen LogP contribution in [0.15, 0.2) is 300 Å². The first-order valence-corrected chi connectivity index (χ1v) is 45.9. The molecule has 20 rings (SSSR count). The molecule has 15 heterocycles. The number of thiophene rings is 4. The number of fused-ring (bicyclic) bond motifs is 5. The van der Waals surface area contributed by atoms with Crippen molar-refractivity contribution in [3.63, 3.8) is 0 Å². The fourth-order valence-corrected chi connectivity index (χ4v) is 18.4. The van der Waals surface area contributed by atoms with Crippen molar-refractivity contribution in [1.29, 1.82) is 0 Å². The van der Waals surface area contributed by atoms with Crippen LogP contribution >= 0.6 is 127 Å². The summed E-state index contributed by atoms with van der Waals surface area (Å²) in [5.74, 6) is 0.0310. The minimum Gasteiger partial charge on any atom is -0.472 e. The maximum atomic E-state index is 13.2. The van der Waals surface area contributed by atoms with Gasteiger partial charge in [0.15, 0.2) is 28.9 Å². The van der Waals surface area contributed by atoms with Gasteiger partial charge in [0.2, 0.25) is 0 Å². The van der Waals surface area contributed by atoms with Gasteiger partial charge in [0.25, 0.3) is 0 Å². The summed E-state index contributed by atoms with van der Waals surface area (Å²) in [5.41, 5.74) is 18.1. The highest BCUT2D eigenvalue weighted by Crippen LogP contribution is 2.38. The Morgan fingerprint density at radius 2 is 0.659 bits per heavy atom. The molecule has 20 aromatic rings. The van der Waals surface area contributed by atoms with Crippen LogP contribution in [0.3, 0.4) is 0 Å². The first-order chi connectivity index (χ1) is 62.2. The van der Waals surface area contributed by atoms with Crippen molar-refractivity contribution in [3.05, 3.63) is 407 Å². The number of rotatable bonds is 20. The summed E-state index contributed by atoms with van der Waals surface area (Å²) in [6.07, 6.45) is 7.76. The summed E-state index contributed by atoms with van der Waals surface area (Å²) in [6.45, 7) is 5.86.